The first-order chi connectivity index (χ1) is 6.27. The lowest BCUT2D eigenvalue weighted by atomic mass is 10.6. The third-order valence-corrected chi connectivity index (χ3v) is 1.88. The van der Waals surface area contributed by atoms with Crippen LogP contribution in [0.1, 0.15) is 0 Å². The lowest BCUT2D eigenvalue weighted by Crippen LogP contribution is -2.05. The maximum atomic E-state index is 5.62. The molecule has 0 atom stereocenters. The third-order valence-electron chi connectivity index (χ3n) is 1.47. The fourth-order valence-corrected chi connectivity index (χ4v) is 1.10. The van der Waals surface area contributed by atoms with Gasteiger partial charge in [0.1, 0.15) is 5.82 Å². The first-order valence-corrected chi connectivity index (χ1v) is 4.34. The molecule has 0 saturated heterocycles. The molecule has 0 spiro atoms. The highest BCUT2D eigenvalue weighted by Crippen LogP contribution is 2.09. The molecular weight excluding hydrogens is 234 g/mol. The summed E-state index contributed by atoms with van der Waals surface area (Å²) >= 11 is 3.24. The van der Waals surface area contributed by atoms with Crippen LogP contribution in [-0.2, 0) is 0 Å². The molecule has 0 radical (unpaired) electrons. The first-order valence-electron chi connectivity index (χ1n) is 3.55. The Morgan fingerprint density at radius 1 is 1.31 bits per heavy atom. The van der Waals surface area contributed by atoms with E-state index in [4.69, 9.17) is 5.73 Å². The van der Waals surface area contributed by atoms with Crippen molar-refractivity contribution in [2.75, 3.05) is 5.73 Å². The largest absolute Gasteiger partial charge is 0.383 e. The summed E-state index contributed by atoms with van der Waals surface area (Å²) < 4.78 is 2.29. The molecule has 2 N–H and O–H groups in total. The predicted octanol–water partition coefficient (Wildman–Crippen LogP) is 1.01. The minimum Gasteiger partial charge on any atom is -0.383 e. The van der Waals surface area contributed by atoms with Gasteiger partial charge in [0.2, 0.25) is 0 Å². The number of aromatic nitrogens is 4. The fourth-order valence-electron chi connectivity index (χ4n) is 0.896. The van der Waals surface area contributed by atoms with E-state index in [9.17, 15) is 0 Å². The molecule has 0 bridgehead atoms. The quantitative estimate of drug-likeness (QED) is 0.807. The monoisotopic (exact) mass is 239 g/mol. The van der Waals surface area contributed by atoms with Gasteiger partial charge < -0.3 is 5.73 Å². The number of nitrogen functional groups attached to an aromatic ring is 1. The Morgan fingerprint density at radius 3 is 2.54 bits per heavy atom. The predicted molar refractivity (Wildman–Crippen MR) is 51.3 cm³/mol. The van der Waals surface area contributed by atoms with Crippen molar-refractivity contribution in [1.29, 1.82) is 0 Å². The normalized spacial score (nSPS) is 10.2. The minimum atomic E-state index is 0.464. The van der Waals surface area contributed by atoms with Crippen LogP contribution in [0, 0.1) is 0 Å². The molecule has 0 saturated carbocycles. The molecule has 0 aromatic carbocycles. The third kappa shape index (κ3) is 1.52. The van der Waals surface area contributed by atoms with E-state index in [-0.39, 0.29) is 0 Å². The fraction of sp³-hybridized carbons (Fsp3) is 0. The highest BCUT2D eigenvalue weighted by molar-refractivity contribution is 9.10. The molecule has 66 valence electrons. The Kier molecular flexibility index (Phi) is 1.97. The van der Waals surface area contributed by atoms with E-state index in [0.717, 1.165) is 4.47 Å². The van der Waals surface area contributed by atoms with E-state index in [1.807, 2.05) is 0 Å². The van der Waals surface area contributed by atoms with E-state index < -0.39 is 0 Å². The van der Waals surface area contributed by atoms with Crippen LogP contribution in [-0.4, -0.2) is 19.7 Å². The van der Waals surface area contributed by atoms with Crippen LogP contribution in [0.3, 0.4) is 0 Å². The molecule has 5 nitrogen and oxygen atoms in total. The number of hydrogen-bond acceptors (Lipinski definition) is 4. The Balaban J connectivity index is 2.47. The van der Waals surface area contributed by atoms with E-state index in [0.29, 0.717) is 11.8 Å². The van der Waals surface area contributed by atoms with Gasteiger partial charge >= 0.3 is 0 Å². The number of hydrogen-bond donors (Lipinski definition) is 1. The Hall–Kier alpha value is -1.43. The summed E-state index contributed by atoms with van der Waals surface area (Å²) in [5.74, 6) is 0.980. The molecule has 13 heavy (non-hydrogen) atoms. The molecule has 2 aromatic heterocycles. The van der Waals surface area contributed by atoms with Gasteiger partial charge in [0.25, 0.3) is 5.95 Å². The van der Waals surface area contributed by atoms with Gasteiger partial charge in [-0.25, -0.2) is 9.97 Å². The number of nitrogens with two attached hydrogens (primary N) is 1. The molecule has 6 heteroatoms. The van der Waals surface area contributed by atoms with E-state index in [2.05, 4.69) is 31.0 Å². The van der Waals surface area contributed by atoms with Crippen molar-refractivity contribution >= 4 is 21.7 Å². The summed E-state index contributed by atoms with van der Waals surface area (Å²) in [5, 5.41) is 3.97. The minimum absolute atomic E-state index is 0.464. The molecule has 0 unspecified atom stereocenters. The zero-order valence-electron chi connectivity index (χ0n) is 6.55. The summed E-state index contributed by atoms with van der Waals surface area (Å²) in [7, 11) is 0. The van der Waals surface area contributed by atoms with Gasteiger partial charge in [0.15, 0.2) is 0 Å². The summed E-state index contributed by atoms with van der Waals surface area (Å²) in [4.78, 5) is 8.09. The number of rotatable bonds is 1. The van der Waals surface area contributed by atoms with Crippen LogP contribution in [0.4, 0.5) is 5.82 Å². The molecule has 0 amide bonds. The molecule has 2 heterocycles. The van der Waals surface area contributed by atoms with E-state index >= 15 is 0 Å². The summed E-state index contributed by atoms with van der Waals surface area (Å²) in [6.07, 6.45) is 4.88. The SMILES string of the molecule is Nc1ccnn1-c1ncc(Br)cn1. The second-order valence-corrected chi connectivity index (χ2v) is 3.28. The van der Waals surface area contributed by atoms with Crippen LogP contribution in [0.5, 0.6) is 0 Å². The van der Waals surface area contributed by atoms with Gasteiger partial charge in [0, 0.05) is 18.5 Å². The van der Waals surface area contributed by atoms with Crippen molar-refractivity contribution in [3.05, 3.63) is 29.1 Å². The highest BCUT2D eigenvalue weighted by atomic mass is 79.9. The van der Waals surface area contributed by atoms with Gasteiger partial charge in [-0.15, -0.1) is 0 Å². The number of anilines is 1. The van der Waals surface area contributed by atoms with Gasteiger partial charge in [-0.2, -0.15) is 9.78 Å². The molecule has 0 fully saturated rings. The van der Waals surface area contributed by atoms with Crippen molar-refractivity contribution in [3.63, 3.8) is 0 Å². The number of nitrogens with zero attached hydrogens (tertiary/aromatic N) is 4. The maximum Gasteiger partial charge on any atom is 0.252 e. The zero-order chi connectivity index (χ0) is 9.26. The molecule has 2 aromatic rings. The van der Waals surface area contributed by atoms with Gasteiger partial charge in [0.05, 0.1) is 10.7 Å². The molecule has 0 aliphatic rings. The zero-order valence-corrected chi connectivity index (χ0v) is 8.14. The van der Waals surface area contributed by atoms with Crippen molar-refractivity contribution in [3.8, 4) is 5.95 Å². The smallest absolute Gasteiger partial charge is 0.252 e. The van der Waals surface area contributed by atoms with Crippen molar-refractivity contribution in [2.45, 2.75) is 0 Å². The van der Waals surface area contributed by atoms with Gasteiger partial charge in [-0.3, -0.25) is 0 Å². The van der Waals surface area contributed by atoms with Crippen LogP contribution < -0.4 is 5.73 Å². The summed E-state index contributed by atoms with van der Waals surface area (Å²) in [6, 6.07) is 1.69. The topological polar surface area (TPSA) is 69.6 Å². The standard InChI is InChI=1S/C7H6BrN5/c8-5-3-10-7(11-4-5)13-6(9)1-2-12-13/h1-4H,9H2. The maximum absolute atomic E-state index is 5.62. The molecular formula is C7H6BrN5. The van der Waals surface area contributed by atoms with Crippen LogP contribution >= 0.6 is 15.9 Å². The van der Waals surface area contributed by atoms with E-state index in [1.165, 1.54) is 4.68 Å². The molecule has 0 aliphatic heterocycles. The Bertz CT molecular complexity index is 407. The van der Waals surface area contributed by atoms with Crippen LogP contribution in [0.2, 0.25) is 0 Å². The lowest BCUT2D eigenvalue weighted by molar-refractivity contribution is 0.815. The van der Waals surface area contributed by atoms with Gasteiger partial charge in [-0.05, 0) is 15.9 Å². The average molecular weight is 240 g/mol. The van der Waals surface area contributed by atoms with Crippen molar-refractivity contribution in [2.24, 2.45) is 0 Å². The summed E-state index contributed by atoms with van der Waals surface area (Å²) in [5.41, 5.74) is 5.62. The average Bonchev–Trinajstić information content (AvgIpc) is 2.53. The lowest BCUT2D eigenvalue weighted by Gasteiger charge is -2.00. The first kappa shape index (κ1) is 8.18. The Labute approximate surface area is 82.7 Å². The van der Waals surface area contributed by atoms with Gasteiger partial charge in [-0.1, -0.05) is 0 Å². The van der Waals surface area contributed by atoms with E-state index in [1.54, 1.807) is 24.7 Å². The molecule has 0 aliphatic carbocycles. The number of halogens is 1. The summed E-state index contributed by atoms with van der Waals surface area (Å²) in [6.45, 7) is 0. The second kappa shape index (κ2) is 3.14. The highest BCUT2D eigenvalue weighted by Gasteiger charge is 2.02. The van der Waals surface area contributed by atoms with Crippen LogP contribution in [0.15, 0.2) is 29.1 Å². The Morgan fingerprint density at radius 2 is 2.00 bits per heavy atom. The second-order valence-electron chi connectivity index (χ2n) is 2.37. The van der Waals surface area contributed by atoms with Crippen molar-refractivity contribution in [1.82, 2.24) is 19.7 Å². The van der Waals surface area contributed by atoms with Crippen LogP contribution in [0.25, 0.3) is 5.95 Å². The molecule has 2 rings (SSSR count). The van der Waals surface area contributed by atoms with Crippen molar-refractivity contribution < 1.29 is 0 Å².